The highest BCUT2D eigenvalue weighted by Gasteiger charge is 2.18. The van der Waals surface area contributed by atoms with Crippen molar-refractivity contribution in [3.63, 3.8) is 0 Å². The van der Waals surface area contributed by atoms with E-state index in [0.29, 0.717) is 6.61 Å². The maximum absolute atomic E-state index is 9.72. The lowest BCUT2D eigenvalue weighted by Gasteiger charge is -2.29. The van der Waals surface area contributed by atoms with E-state index in [9.17, 15) is 5.11 Å². The zero-order valence-electron chi connectivity index (χ0n) is 11.7. The highest BCUT2D eigenvalue weighted by molar-refractivity contribution is 5.28. The molecule has 4 nitrogen and oxygen atoms in total. The van der Waals surface area contributed by atoms with Crippen LogP contribution >= 0.6 is 0 Å². The summed E-state index contributed by atoms with van der Waals surface area (Å²) in [4.78, 5) is 2.25. The summed E-state index contributed by atoms with van der Waals surface area (Å²) in [6.07, 6.45) is 0.478. The first-order valence-electron chi connectivity index (χ1n) is 6.90. The van der Waals surface area contributed by atoms with Crippen molar-refractivity contribution in [1.29, 1.82) is 0 Å². The largest absolute Gasteiger partial charge is 0.491 e. The Bertz CT molecular complexity index is 379. The SMILES string of the molecule is CC[C@H](O)c1ccc(OCC2CN(C)CCO2)cc1. The first-order valence-corrected chi connectivity index (χ1v) is 6.90. The summed E-state index contributed by atoms with van der Waals surface area (Å²) >= 11 is 0. The molecule has 1 unspecified atom stereocenters. The van der Waals surface area contributed by atoms with Crippen LogP contribution in [0.5, 0.6) is 5.75 Å². The summed E-state index contributed by atoms with van der Waals surface area (Å²) in [6.45, 7) is 5.20. The van der Waals surface area contributed by atoms with Crippen LogP contribution in [-0.4, -0.2) is 49.5 Å². The highest BCUT2D eigenvalue weighted by atomic mass is 16.5. The van der Waals surface area contributed by atoms with Crippen LogP contribution in [0.15, 0.2) is 24.3 Å². The number of aliphatic hydroxyl groups excluding tert-OH is 1. The fourth-order valence-corrected chi connectivity index (χ4v) is 2.18. The van der Waals surface area contributed by atoms with Crippen molar-refractivity contribution >= 4 is 0 Å². The van der Waals surface area contributed by atoms with Crippen LogP contribution in [0.1, 0.15) is 25.0 Å². The third-order valence-corrected chi connectivity index (χ3v) is 3.43. The van der Waals surface area contributed by atoms with Crippen molar-refractivity contribution in [2.75, 3.05) is 33.4 Å². The molecule has 1 saturated heterocycles. The molecule has 0 radical (unpaired) electrons. The molecule has 0 saturated carbocycles. The Balaban J connectivity index is 1.82. The molecule has 19 heavy (non-hydrogen) atoms. The molecule has 1 heterocycles. The summed E-state index contributed by atoms with van der Waals surface area (Å²) < 4.78 is 11.4. The molecule has 0 aliphatic carbocycles. The van der Waals surface area contributed by atoms with Crippen molar-refractivity contribution in [2.45, 2.75) is 25.6 Å². The van der Waals surface area contributed by atoms with E-state index in [-0.39, 0.29) is 12.2 Å². The van der Waals surface area contributed by atoms with Gasteiger partial charge in [0.15, 0.2) is 0 Å². The molecular weight excluding hydrogens is 242 g/mol. The third-order valence-electron chi connectivity index (χ3n) is 3.43. The van der Waals surface area contributed by atoms with Gasteiger partial charge in [0.2, 0.25) is 0 Å². The summed E-state index contributed by atoms with van der Waals surface area (Å²) in [5.74, 6) is 0.823. The third kappa shape index (κ3) is 4.20. The number of likely N-dealkylation sites (N-methyl/N-ethyl adjacent to an activating group) is 1. The topological polar surface area (TPSA) is 41.9 Å². The number of benzene rings is 1. The average Bonchev–Trinajstić information content (AvgIpc) is 2.45. The van der Waals surface area contributed by atoms with E-state index in [1.165, 1.54) is 0 Å². The van der Waals surface area contributed by atoms with Gasteiger partial charge in [-0.15, -0.1) is 0 Å². The Morgan fingerprint density at radius 3 is 2.79 bits per heavy atom. The summed E-state index contributed by atoms with van der Waals surface area (Å²) in [6, 6.07) is 7.64. The van der Waals surface area contributed by atoms with E-state index in [0.717, 1.165) is 37.4 Å². The van der Waals surface area contributed by atoms with Crippen molar-refractivity contribution in [2.24, 2.45) is 0 Å². The molecule has 106 valence electrons. The number of rotatable bonds is 5. The van der Waals surface area contributed by atoms with Gasteiger partial charge in [0.1, 0.15) is 18.5 Å². The van der Waals surface area contributed by atoms with Crippen LogP contribution in [0.4, 0.5) is 0 Å². The van der Waals surface area contributed by atoms with E-state index in [1.54, 1.807) is 0 Å². The lowest BCUT2D eigenvalue weighted by molar-refractivity contribution is -0.0403. The first-order chi connectivity index (χ1) is 9.19. The van der Waals surface area contributed by atoms with E-state index in [1.807, 2.05) is 31.2 Å². The quantitative estimate of drug-likeness (QED) is 0.882. The van der Waals surface area contributed by atoms with Crippen LogP contribution in [0.2, 0.25) is 0 Å². The van der Waals surface area contributed by atoms with Gasteiger partial charge in [0, 0.05) is 13.1 Å². The first kappa shape index (κ1) is 14.3. The zero-order chi connectivity index (χ0) is 13.7. The predicted molar refractivity (Wildman–Crippen MR) is 74.4 cm³/mol. The van der Waals surface area contributed by atoms with Crippen LogP contribution in [0.3, 0.4) is 0 Å². The van der Waals surface area contributed by atoms with Crippen LogP contribution in [-0.2, 0) is 4.74 Å². The Morgan fingerprint density at radius 2 is 2.16 bits per heavy atom. The van der Waals surface area contributed by atoms with Crippen LogP contribution in [0, 0.1) is 0 Å². The highest BCUT2D eigenvalue weighted by Crippen LogP contribution is 2.20. The van der Waals surface area contributed by atoms with Crippen molar-refractivity contribution < 1.29 is 14.6 Å². The molecule has 2 atom stereocenters. The number of hydrogen-bond acceptors (Lipinski definition) is 4. The maximum Gasteiger partial charge on any atom is 0.119 e. The molecule has 4 heteroatoms. The van der Waals surface area contributed by atoms with Crippen molar-refractivity contribution in [1.82, 2.24) is 4.90 Å². The van der Waals surface area contributed by atoms with Crippen molar-refractivity contribution in [3.8, 4) is 5.75 Å². The minimum Gasteiger partial charge on any atom is -0.491 e. The van der Waals surface area contributed by atoms with Gasteiger partial charge < -0.3 is 19.5 Å². The number of ether oxygens (including phenoxy) is 2. The van der Waals surface area contributed by atoms with Gasteiger partial charge in [-0.3, -0.25) is 0 Å². The standard InChI is InChI=1S/C15H23NO3/c1-3-15(17)12-4-6-13(7-5-12)19-11-14-10-16(2)8-9-18-14/h4-7,14-15,17H,3,8-11H2,1-2H3/t14?,15-/m0/s1. The summed E-state index contributed by atoms with van der Waals surface area (Å²) in [5.41, 5.74) is 0.934. The maximum atomic E-state index is 9.72. The molecule has 1 aliphatic heterocycles. The van der Waals surface area contributed by atoms with E-state index in [2.05, 4.69) is 11.9 Å². The second-order valence-corrected chi connectivity index (χ2v) is 5.06. The lowest BCUT2D eigenvalue weighted by Crippen LogP contribution is -2.42. The van der Waals surface area contributed by atoms with Gasteiger partial charge in [-0.1, -0.05) is 19.1 Å². The molecule has 2 rings (SSSR count). The molecule has 0 amide bonds. The van der Waals surface area contributed by atoms with E-state index in [4.69, 9.17) is 9.47 Å². The number of hydrogen-bond donors (Lipinski definition) is 1. The number of aliphatic hydroxyl groups is 1. The Hall–Kier alpha value is -1.10. The molecule has 0 spiro atoms. The zero-order valence-corrected chi connectivity index (χ0v) is 11.7. The van der Waals surface area contributed by atoms with Gasteiger partial charge in [0.25, 0.3) is 0 Å². The van der Waals surface area contributed by atoms with Gasteiger partial charge >= 0.3 is 0 Å². The Labute approximate surface area is 114 Å². The molecular formula is C15H23NO3. The Kier molecular flexibility index (Phi) is 5.19. The molecule has 1 N–H and O–H groups in total. The molecule has 0 aromatic heterocycles. The second-order valence-electron chi connectivity index (χ2n) is 5.06. The lowest BCUT2D eigenvalue weighted by atomic mass is 10.1. The fourth-order valence-electron chi connectivity index (χ4n) is 2.18. The van der Waals surface area contributed by atoms with E-state index < -0.39 is 0 Å². The summed E-state index contributed by atoms with van der Waals surface area (Å²) in [7, 11) is 2.09. The van der Waals surface area contributed by atoms with Gasteiger partial charge in [0.05, 0.1) is 12.7 Å². The second kappa shape index (κ2) is 6.89. The smallest absolute Gasteiger partial charge is 0.119 e. The van der Waals surface area contributed by atoms with Crippen LogP contribution in [0.25, 0.3) is 0 Å². The fraction of sp³-hybridized carbons (Fsp3) is 0.600. The van der Waals surface area contributed by atoms with Gasteiger partial charge in [-0.25, -0.2) is 0 Å². The number of nitrogens with zero attached hydrogens (tertiary/aromatic N) is 1. The van der Waals surface area contributed by atoms with Crippen LogP contribution < -0.4 is 4.74 Å². The molecule has 1 aromatic carbocycles. The summed E-state index contributed by atoms with van der Waals surface area (Å²) in [5, 5.41) is 9.72. The van der Waals surface area contributed by atoms with Crippen molar-refractivity contribution in [3.05, 3.63) is 29.8 Å². The average molecular weight is 265 g/mol. The number of morpholine rings is 1. The predicted octanol–water partition coefficient (Wildman–Crippen LogP) is 1.84. The monoisotopic (exact) mass is 265 g/mol. The minimum atomic E-state index is -0.385. The van der Waals surface area contributed by atoms with Gasteiger partial charge in [-0.05, 0) is 31.2 Å². The van der Waals surface area contributed by atoms with Gasteiger partial charge in [-0.2, -0.15) is 0 Å². The molecule has 1 aromatic rings. The molecule has 1 fully saturated rings. The molecule has 0 bridgehead atoms. The van der Waals surface area contributed by atoms with E-state index >= 15 is 0 Å². The normalized spacial score (nSPS) is 22.2. The Morgan fingerprint density at radius 1 is 1.42 bits per heavy atom. The minimum absolute atomic E-state index is 0.139. The molecule has 1 aliphatic rings.